The lowest BCUT2D eigenvalue weighted by Crippen LogP contribution is -2.31. The highest BCUT2D eigenvalue weighted by molar-refractivity contribution is 7.91. The van der Waals surface area contributed by atoms with Crippen LogP contribution < -0.4 is 5.32 Å². The van der Waals surface area contributed by atoms with Crippen LogP contribution in [-0.4, -0.2) is 32.5 Å². The first-order chi connectivity index (χ1) is 9.37. The topological polar surface area (TPSA) is 46.2 Å². The Bertz CT molecular complexity index is 557. The number of benzene rings is 1. The van der Waals surface area contributed by atoms with Gasteiger partial charge in [0.2, 0.25) is 0 Å². The summed E-state index contributed by atoms with van der Waals surface area (Å²) < 4.78 is 36.8. The molecule has 1 aromatic rings. The van der Waals surface area contributed by atoms with Gasteiger partial charge in [-0.3, -0.25) is 0 Å². The standard InChI is InChI=1S/C15H22FNO2S/c1-11(2)17-9-15(12-4-3-5-14(16)8-12)13-6-7-20(18,19)10-13/h3-5,8,11,13,15,17H,6-7,9-10H2,1-2H3. The number of hydrogen-bond donors (Lipinski definition) is 1. The number of halogens is 1. The van der Waals surface area contributed by atoms with E-state index in [9.17, 15) is 12.8 Å². The molecular weight excluding hydrogens is 277 g/mol. The summed E-state index contributed by atoms with van der Waals surface area (Å²) in [6.07, 6.45) is 0.670. The van der Waals surface area contributed by atoms with Gasteiger partial charge in [-0.2, -0.15) is 0 Å². The van der Waals surface area contributed by atoms with Gasteiger partial charge in [-0.1, -0.05) is 26.0 Å². The summed E-state index contributed by atoms with van der Waals surface area (Å²) in [4.78, 5) is 0. The van der Waals surface area contributed by atoms with Crippen molar-refractivity contribution in [1.82, 2.24) is 5.32 Å². The lowest BCUT2D eigenvalue weighted by molar-refractivity contribution is 0.420. The van der Waals surface area contributed by atoms with Crippen molar-refractivity contribution in [3.05, 3.63) is 35.6 Å². The molecule has 0 amide bonds. The van der Waals surface area contributed by atoms with Gasteiger partial charge >= 0.3 is 0 Å². The van der Waals surface area contributed by atoms with Crippen molar-refractivity contribution in [3.8, 4) is 0 Å². The molecule has 1 aliphatic rings. The van der Waals surface area contributed by atoms with Crippen molar-refractivity contribution >= 4 is 9.84 Å². The molecule has 20 heavy (non-hydrogen) atoms. The average molecular weight is 299 g/mol. The van der Waals surface area contributed by atoms with Gasteiger partial charge in [-0.05, 0) is 30.0 Å². The van der Waals surface area contributed by atoms with Crippen LogP contribution >= 0.6 is 0 Å². The van der Waals surface area contributed by atoms with Crippen LogP contribution in [0.15, 0.2) is 24.3 Å². The zero-order chi connectivity index (χ0) is 14.8. The fourth-order valence-corrected chi connectivity index (χ4v) is 4.68. The Balaban J connectivity index is 2.21. The molecule has 1 N–H and O–H groups in total. The van der Waals surface area contributed by atoms with Gasteiger partial charge in [0, 0.05) is 18.5 Å². The molecule has 0 aliphatic carbocycles. The first-order valence-corrected chi connectivity index (χ1v) is 8.89. The van der Waals surface area contributed by atoms with Crippen LogP contribution in [0.5, 0.6) is 0 Å². The van der Waals surface area contributed by atoms with Crippen LogP contribution in [0.3, 0.4) is 0 Å². The first kappa shape index (κ1) is 15.4. The predicted molar refractivity (Wildman–Crippen MR) is 79.0 cm³/mol. The van der Waals surface area contributed by atoms with Crippen molar-refractivity contribution in [2.45, 2.75) is 32.2 Å². The summed E-state index contributed by atoms with van der Waals surface area (Å²) in [7, 11) is -2.92. The van der Waals surface area contributed by atoms with E-state index in [1.807, 2.05) is 19.9 Å². The number of sulfone groups is 1. The second kappa shape index (κ2) is 6.22. The predicted octanol–water partition coefficient (Wildman–Crippen LogP) is 2.34. The summed E-state index contributed by atoms with van der Waals surface area (Å²) in [5, 5.41) is 3.35. The molecule has 2 atom stereocenters. The van der Waals surface area contributed by atoms with E-state index in [1.165, 1.54) is 12.1 Å². The molecule has 1 saturated heterocycles. The zero-order valence-corrected chi connectivity index (χ0v) is 12.8. The van der Waals surface area contributed by atoms with Crippen molar-refractivity contribution in [2.75, 3.05) is 18.1 Å². The Morgan fingerprint density at radius 1 is 1.40 bits per heavy atom. The van der Waals surface area contributed by atoms with E-state index in [-0.39, 0.29) is 29.2 Å². The van der Waals surface area contributed by atoms with Crippen LogP contribution in [0.1, 0.15) is 31.7 Å². The highest BCUT2D eigenvalue weighted by Gasteiger charge is 2.34. The van der Waals surface area contributed by atoms with Gasteiger partial charge in [0.1, 0.15) is 5.82 Å². The summed E-state index contributed by atoms with van der Waals surface area (Å²) >= 11 is 0. The quantitative estimate of drug-likeness (QED) is 0.908. The zero-order valence-electron chi connectivity index (χ0n) is 12.0. The smallest absolute Gasteiger partial charge is 0.150 e. The number of hydrogen-bond acceptors (Lipinski definition) is 3. The van der Waals surface area contributed by atoms with Gasteiger partial charge in [0.15, 0.2) is 9.84 Å². The molecule has 0 spiro atoms. The van der Waals surface area contributed by atoms with Gasteiger partial charge in [-0.15, -0.1) is 0 Å². The van der Waals surface area contributed by atoms with Crippen LogP contribution in [0.2, 0.25) is 0 Å². The van der Waals surface area contributed by atoms with Gasteiger partial charge in [0.25, 0.3) is 0 Å². The van der Waals surface area contributed by atoms with E-state index in [0.717, 1.165) is 5.56 Å². The van der Waals surface area contributed by atoms with Crippen molar-refractivity contribution in [1.29, 1.82) is 0 Å². The third kappa shape index (κ3) is 4.03. The highest BCUT2D eigenvalue weighted by Crippen LogP contribution is 2.33. The molecule has 1 aromatic carbocycles. The maximum Gasteiger partial charge on any atom is 0.150 e. The first-order valence-electron chi connectivity index (χ1n) is 7.06. The van der Waals surface area contributed by atoms with Crippen molar-refractivity contribution < 1.29 is 12.8 Å². The van der Waals surface area contributed by atoms with E-state index < -0.39 is 9.84 Å². The van der Waals surface area contributed by atoms with Crippen LogP contribution in [0, 0.1) is 11.7 Å². The second-order valence-electron chi connectivity index (χ2n) is 5.89. The molecule has 1 aliphatic heterocycles. The lowest BCUT2D eigenvalue weighted by atomic mass is 9.85. The van der Waals surface area contributed by atoms with E-state index in [2.05, 4.69) is 5.32 Å². The summed E-state index contributed by atoms with van der Waals surface area (Å²) in [5.41, 5.74) is 0.889. The Labute approximate surface area is 120 Å². The van der Waals surface area contributed by atoms with Gasteiger partial charge in [-0.25, -0.2) is 12.8 Å². The molecule has 5 heteroatoms. The molecule has 2 rings (SSSR count). The number of rotatable bonds is 5. The van der Waals surface area contributed by atoms with Gasteiger partial charge in [0.05, 0.1) is 11.5 Å². The van der Waals surface area contributed by atoms with E-state index >= 15 is 0 Å². The Morgan fingerprint density at radius 3 is 2.70 bits per heavy atom. The second-order valence-corrected chi connectivity index (χ2v) is 8.12. The van der Waals surface area contributed by atoms with Crippen LogP contribution in [0.25, 0.3) is 0 Å². The monoisotopic (exact) mass is 299 g/mol. The third-order valence-corrected chi connectivity index (χ3v) is 5.65. The Kier molecular flexibility index (Phi) is 4.81. The average Bonchev–Trinajstić information content (AvgIpc) is 2.69. The molecule has 112 valence electrons. The maximum absolute atomic E-state index is 13.4. The molecule has 0 saturated carbocycles. The molecule has 0 aromatic heterocycles. The Morgan fingerprint density at radius 2 is 2.15 bits per heavy atom. The molecule has 0 radical (unpaired) electrons. The van der Waals surface area contributed by atoms with E-state index in [0.29, 0.717) is 19.0 Å². The summed E-state index contributed by atoms with van der Waals surface area (Å²) in [6, 6.07) is 6.85. The van der Waals surface area contributed by atoms with Crippen molar-refractivity contribution in [2.24, 2.45) is 5.92 Å². The highest BCUT2D eigenvalue weighted by atomic mass is 32.2. The minimum absolute atomic E-state index is 0.0466. The normalized spacial score (nSPS) is 23.1. The molecule has 3 nitrogen and oxygen atoms in total. The summed E-state index contributed by atoms with van der Waals surface area (Å²) in [5.74, 6) is 0.329. The SMILES string of the molecule is CC(C)NCC(c1cccc(F)c1)C1CCS(=O)(=O)C1. The largest absolute Gasteiger partial charge is 0.314 e. The van der Waals surface area contributed by atoms with Crippen LogP contribution in [0.4, 0.5) is 4.39 Å². The summed E-state index contributed by atoms with van der Waals surface area (Å²) in [6.45, 7) is 4.78. The minimum Gasteiger partial charge on any atom is -0.314 e. The molecular formula is C15H22FNO2S. The number of nitrogens with one attached hydrogen (secondary N) is 1. The maximum atomic E-state index is 13.4. The fourth-order valence-electron chi connectivity index (χ4n) is 2.80. The molecule has 1 fully saturated rings. The minimum atomic E-state index is -2.92. The van der Waals surface area contributed by atoms with Gasteiger partial charge < -0.3 is 5.32 Å². The van der Waals surface area contributed by atoms with Crippen LogP contribution in [-0.2, 0) is 9.84 Å². The Hall–Kier alpha value is -0.940. The van der Waals surface area contributed by atoms with E-state index in [4.69, 9.17) is 0 Å². The molecule has 1 heterocycles. The lowest BCUT2D eigenvalue weighted by Gasteiger charge is -2.25. The fraction of sp³-hybridized carbons (Fsp3) is 0.600. The third-order valence-electron chi connectivity index (χ3n) is 3.86. The van der Waals surface area contributed by atoms with Crippen molar-refractivity contribution in [3.63, 3.8) is 0 Å². The van der Waals surface area contributed by atoms with E-state index in [1.54, 1.807) is 6.07 Å². The molecule has 2 unspecified atom stereocenters. The molecule has 0 bridgehead atoms.